The van der Waals surface area contributed by atoms with Crippen LogP contribution in [0.3, 0.4) is 0 Å². The van der Waals surface area contributed by atoms with Crippen molar-refractivity contribution in [2.24, 2.45) is 11.8 Å². The monoisotopic (exact) mass is 249 g/mol. The van der Waals surface area contributed by atoms with Crippen LogP contribution in [-0.4, -0.2) is 38.7 Å². The Balaban J connectivity index is 2.08. The molecule has 0 aromatic carbocycles. The van der Waals surface area contributed by atoms with E-state index < -0.39 is 5.60 Å². The van der Waals surface area contributed by atoms with Crippen LogP contribution in [-0.2, 0) is 6.54 Å². The second-order valence-electron chi connectivity index (χ2n) is 5.81. The number of aromatic nitrogens is 2. The lowest BCUT2D eigenvalue weighted by atomic mass is 9.82. The first-order valence-electron chi connectivity index (χ1n) is 6.64. The van der Waals surface area contributed by atoms with Crippen molar-refractivity contribution in [3.63, 3.8) is 0 Å². The molecule has 18 heavy (non-hydrogen) atoms. The zero-order chi connectivity index (χ0) is 13.3. The summed E-state index contributed by atoms with van der Waals surface area (Å²) in [5, 5.41) is 10.7. The van der Waals surface area contributed by atoms with Gasteiger partial charge in [0.2, 0.25) is 0 Å². The molecule has 1 aliphatic heterocycles. The number of aryl methyl sites for hydroxylation is 1. The maximum atomic E-state index is 10.7. The predicted octanol–water partition coefficient (Wildman–Crippen LogP) is 1.62. The van der Waals surface area contributed by atoms with Crippen LogP contribution in [0.5, 0.6) is 0 Å². The molecular formula is C14H23N3O. The highest BCUT2D eigenvalue weighted by Gasteiger charge is 2.44. The highest BCUT2D eigenvalue weighted by atomic mass is 16.3. The molecule has 1 saturated heterocycles. The number of β-amino-alcohol motifs (C(OH)–C–C–N with tert-alkyl or cyclic N) is 1. The molecule has 2 rings (SSSR count). The lowest BCUT2D eigenvalue weighted by Gasteiger charge is -2.31. The van der Waals surface area contributed by atoms with Gasteiger partial charge in [-0.3, -0.25) is 14.9 Å². The van der Waals surface area contributed by atoms with Gasteiger partial charge < -0.3 is 5.11 Å². The maximum absolute atomic E-state index is 10.7. The van der Waals surface area contributed by atoms with Gasteiger partial charge in [0.05, 0.1) is 17.0 Å². The van der Waals surface area contributed by atoms with Crippen LogP contribution < -0.4 is 0 Å². The van der Waals surface area contributed by atoms with Crippen LogP contribution in [0.4, 0.5) is 0 Å². The van der Waals surface area contributed by atoms with Crippen LogP contribution in [0.1, 0.15) is 32.2 Å². The summed E-state index contributed by atoms with van der Waals surface area (Å²) >= 11 is 0. The van der Waals surface area contributed by atoms with Gasteiger partial charge in [-0.2, -0.15) is 0 Å². The molecule has 0 spiro atoms. The van der Waals surface area contributed by atoms with Gasteiger partial charge in [0.25, 0.3) is 0 Å². The van der Waals surface area contributed by atoms with E-state index in [9.17, 15) is 5.11 Å². The minimum Gasteiger partial charge on any atom is -0.388 e. The standard InChI is InChI=1S/C14H23N3O/c1-10(2)14(18)9-17(7-11(14)3)8-13-12(4)15-5-6-16-13/h5-6,10-11,18H,7-9H2,1-4H3/t11-,14-/m0/s1. The molecule has 100 valence electrons. The van der Waals surface area contributed by atoms with Crippen molar-refractivity contribution in [1.29, 1.82) is 0 Å². The fourth-order valence-electron chi connectivity index (χ4n) is 2.80. The molecule has 1 N–H and O–H groups in total. The number of hydrogen-bond acceptors (Lipinski definition) is 4. The van der Waals surface area contributed by atoms with Gasteiger partial charge in [0.1, 0.15) is 0 Å². The lowest BCUT2D eigenvalue weighted by Crippen LogP contribution is -2.42. The maximum Gasteiger partial charge on any atom is 0.0834 e. The Kier molecular flexibility index (Phi) is 3.69. The highest BCUT2D eigenvalue weighted by molar-refractivity contribution is 5.09. The molecule has 0 aliphatic carbocycles. The summed E-state index contributed by atoms with van der Waals surface area (Å²) in [6.45, 7) is 10.7. The SMILES string of the molecule is Cc1nccnc1CN1C[C@H](C)[C@@](O)(C(C)C)C1. The molecule has 2 heterocycles. The third-order valence-electron chi connectivity index (χ3n) is 4.22. The van der Waals surface area contributed by atoms with E-state index in [1.165, 1.54) is 0 Å². The molecule has 1 aromatic heterocycles. The first-order valence-corrected chi connectivity index (χ1v) is 6.64. The number of aliphatic hydroxyl groups is 1. The molecule has 0 bridgehead atoms. The molecule has 0 saturated carbocycles. The van der Waals surface area contributed by atoms with Gasteiger partial charge in [0, 0.05) is 32.0 Å². The van der Waals surface area contributed by atoms with E-state index in [0.29, 0.717) is 5.92 Å². The van der Waals surface area contributed by atoms with Crippen molar-refractivity contribution in [3.05, 3.63) is 23.8 Å². The summed E-state index contributed by atoms with van der Waals surface area (Å²) in [6.07, 6.45) is 3.45. The third kappa shape index (κ3) is 2.40. The minimum atomic E-state index is -0.573. The molecule has 0 unspecified atom stereocenters. The van der Waals surface area contributed by atoms with Crippen molar-refractivity contribution in [3.8, 4) is 0 Å². The van der Waals surface area contributed by atoms with Gasteiger partial charge in [-0.1, -0.05) is 20.8 Å². The molecule has 1 aliphatic rings. The summed E-state index contributed by atoms with van der Waals surface area (Å²) in [4.78, 5) is 10.9. The Morgan fingerprint density at radius 3 is 2.67 bits per heavy atom. The third-order valence-corrected chi connectivity index (χ3v) is 4.22. The van der Waals surface area contributed by atoms with Gasteiger partial charge in [-0.05, 0) is 18.8 Å². The fraction of sp³-hybridized carbons (Fsp3) is 0.714. The number of hydrogen-bond donors (Lipinski definition) is 1. The van der Waals surface area contributed by atoms with Crippen LogP contribution in [0, 0.1) is 18.8 Å². The van der Waals surface area contributed by atoms with Gasteiger partial charge in [-0.25, -0.2) is 0 Å². The lowest BCUT2D eigenvalue weighted by molar-refractivity contribution is -0.0255. The molecule has 0 radical (unpaired) electrons. The van der Waals surface area contributed by atoms with E-state index in [1.807, 2.05) is 6.92 Å². The van der Waals surface area contributed by atoms with Gasteiger partial charge in [-0.15, -0.1) is 0 Å². The topological polar surface area (TPSA) is 49.2 Å². The van der Waals surface area contributed by atoms with E-state index in [-0.39, 0.29) is 5.92 Å². The Hall–Kier alpha value is -1.00. The molecule has 4 nitrogen and oxygen atoms in total. The first kappa shape index (κ1) is 13.4. The van der Waals surface area contributed by atoms with E-state index in [2.05, 4.69) is 35.6 Å². The van der Waals surface area contributed by atoms with E-state index in [1.54, 1.807) is 12.4 Å². The van der Waals surface area contributed by atoms with E-state index in [4.69, 9.17) is 0 Å². The van der Waals surface area contributed by atoms with Crippen molar-refractivity contribution >= 4 is 0 Å². The van der Waals surface area contributed by atoms with Crippen LogP contribution in [0.25, 0.3) is 0 Å². The summed E-state index contributed by atoms with van der Waals surface area (Å²) in [5.74, 6) is 0.579. The molecule has 2 atom stereocenters. The summed E-state index contributed by atoms with van der Waals surface area (Å²) in [6, 6.07) is 0. The number of nitrogens with zero attached hydrogens (tertiary/aromatic N) is 3. The largest absolute Gasteiger partial charge is 0.388 e. The second-order valence-corrected chi connectivity index (χ2v) is 5.81. The second kappa shape index (κ2) is 4.94. The Morgan fingerprint density at radius 2 is 2.11 bits per heavy atom. The minimum absolute atomic E-state index is 0.278. The quantitative estimate of drug-likeness (QED) is 0.884. The zero-order valence-corrected chi connectivity index (χ0v) is 11.7. The van der Waals surface area contributed by atoms with Crippen molar-refractivity contribution < 1.29 is 5.11 Å². The Labute approximate surface area is 109 Å². The number of rotatable bonds is 3. The van der Waals surface area contributed by atoms with Crippen molar-refractivity contribution in [2.45, 2.75) is 39.8 Å². The van der Waals surface area contributed by atoms with Crippen LogP contribution >= 0.6 is 0 Å². The van der Waals surface area contributed by atoms with Gasteiger partial charge >= 0.3 is 0 Å². The zero-order valence-electron chi connectivity index (χ0n) is 11.7. The first-order chi connectivity index (χ1) is 8.43. The molecule has 1 fully saturated rings. The summed E-state index contributed by atoms with van der Waals surface area (Å²) < 4.78 is 0. The number of likely N-dealkylation sites (tertiary alicyclic amines) is 1. The fourth-order valence-corrected chi connectivity index (χ4v) is 2.80. The molecular weight excluding hydrogens is 226 g/mol. The van der Waals surface area contributed by atoms with E-state index in [0.717, 1.165) is 31.0 Å². The van der Waals surface area contributed by atoms with E-state index >= 15 is 0 Å². The predicted molar refractivity (Wildman–Crippen MR) is 71.0 cm³/mol. The summed E-state index contributed by atoms with van der Waals surface area (Å²) in [7, 11) is 0. The normalized spacial score (nSPS) is 29.1. The molecule has 4 heteroatoms. The average molecular weight is 249 g/mol. The average Bonchev–Trinajstić information content (AvgIpc) is 2.59. The Bertz CT molecular complexity index is 421. The van der Waals surface area contributed by atoms with Crippen LogP contribution in [0.2, 0.25) is 0 Å². The molecule has 0 amide bonds. The summed E-state index contributed by atoms with van der Waals surface area (Å²) in [5.41, 5.74) is 1.42. The van der Waals surface area contributed by atoms with Crippen molar-refractivity contribution in [1.82, 2.24) is 14.9 Å². The smallest absolute Gasteiger partial charge is 0.0834 e. The highest BCUT2D eigenvalue weighted by Crippen LogP contribution is 2.34. The van der Waals surface area contributed by atoms with Crippen molar-refractivity contribution in [2.75, 3.05) is 13.1 Å². The molecule has 1 aromatic rings. The van der Waals surface area contributed by atoms with Crippen LogP contribution in [0.15, 0.2) is 12.4 Å². The Morgan fingerprint density at radius 1 is 1.44 bits per heavy atom. The van der Waals surface area contributed by atoms with Gasteiger partial charge in [0.15, 0.2) is 0 Å².